The molecule has 1 heterocycles. The highest BCUT2D eigenvalue weighted by Gasteiger charge is 2.39. The van der Waals surface area contributed by atoms with E-state index in [0.29, 0.717) is 12.2 Å². The molecule has 1 aromatic carbocycles. The fourth-order valence-electron chi connectivity index (χ4n) is 2.36. The van der Waals surface area contributed by atoms with Gasteiger partial charge in [0, 0.05) is 11.8 Å². The fraction of sp³-hybridized carbons (Fsp3) is 0.562. The Hall–Kier alpha value is -1.000. The molecule has 1 saturated heterocycles. The summed E-state index contributed by atoms with van der Waals surface area (Å²) in [6.45, 7) is 4.13. The minimum absolute atomic E-state index is 0.0832. The molecule has 1 amide bonds. The predicted octanol–water partition coefficient (Wildman–Crippen LogP) is 2.30. The van der Waals surface area contributed by atoms with Gasteiger partial charge < -0.3 is 10.4 Å². The summed E-state index contributed by atoms with van der Waals surface area (Å²) in [5.41, 5.74) is 1.30. The van der Waals surface area contributed by atoms with Crippen LogP contribution >= 0.6 is 11.8 Å². The topological polar surface area (TPSA) is 49.3 Å². The third-order valence-electron chi connectivity index (χ3n) is 3.85. The number of amides is 1. The maximum Gasteiger partial charge on any atom is 0.253 e. The number of hydrogen-bond donors (Lipinski definition) is 2. The van der Waals surface area contributed by atoms with Gasteiger partial charge in [0.2, 0.25) is 0 Å². The molecule has 0 bridgehead atoms. The van der Waals surface area contributed by atoms with Crippen molar-refractivity contribution >= 4 is 17.7 Å². The van der Waals surface area contributed by atoms with Gasteiger partial charge in [-0.2, -0.15) is 11.8 Å². The molecule has 4 heteroatoms. The van der Waals surface area contributed by atoms with Crippen LogP contribution in [-0.2, 0) is 11.2 Å². The number of thioether (sulfide) groups is 1. The molecule has 3 nitrogen and oxygen atoms in total. The standard InChI is InChI=1S/C16H23NO2S/c1-3-14(10-13-6-4-12(2)5-7-13)17-15(18)16(19)8-9-20-11-16/h4-7,14,19H,3,8-11H2,1-2H3,(H,17,18). The van der Waals surface area contributed by atoms with Gasteiger partial charge in [-0.25, -0.2) is 0 Å². The molecule has 1 aromatic rings. The summed E-state index contributed by atoms with van der Waals surface area (Å²) in [7, 11) is 0. The Morgan fingerprint density at radius 1 is 1.45 bits per heavy atom. The van der Waals surface area contributed by atoms with Gasteiger partial charge in [-0.15, -0.1) is 0 Å². The number of aryl methyl sites for hydroxylation is 1. The molecule has 2 N–H and O–H groups in total. The van der Waals surface area contributed by atoms with Crippen LogP contribution in [0.1, 0.15) is 30.9 Å². The Morgan fingerprint density at radius 2 is 2.15 bits per heavy atom. The molecule has 20 heavy (non-hydrogen) atoms. The van der Waals surface area contributed by atoms with E-state index < -0.39 is 5.60 Å². The minimum atomic E-state index is -1.16. The van der Waals surface area contributed by atoms with Crippen molar-refractivity contribution in [1.29, 1.82) is 0 Å². The van der Waals surface area contributed by atoms with E-state index in [1.165, 1.54) is 11.1 Å². The van der Waals surface area contributed by atoms with E-state index in [4.69, 9.17) is 0 Å². The van der Waals surface area contributed by atoms with Gasteiger partial charge in [0.05, 0.1) is 0 Å². The molecule has 0 saturated carbocycles. The largest absolute Gasteiger partial charge is 0.379 e. The molecule has 0 spiro atoms. The SMILES string of the molecule is CCC(Cc1ccc(C)cc1)NC(=O)C1(O)CCSC1. The highest BCUT2D eigenvalue weighted by Crippen LogP contribution is 2.28. The zero-order chi connectivity index (χ0) is 14.6. The first-order chi connectivity index (χ1) is 9.53. The Bertz CT molecular complexity index is 452. The number of carbonyl (C=O) groups excluding carboxylic acids is 1. The van der Waals surface area contributed by atoms with Crippen LogP contribution < -0.4 is 5.32 Å². The first-order valence-corrected chi connectivity index (χ1v) is 8.35. The Balaban J connectivity index is 1.95. The second kappa shape index (κ2) is 6.64. The van der Waals surface area contributed by atoms with Crippen LogP contribution in [0.4, 0.5) is 0 Å². The molecule has 110 valence electrons. The van der Waals surface area contributed by atoms with Gasteiger partial charge in [0.1, 0.15) is 0 Å². The summed E-state index contributed by atoms with van der Waals surface area (Å²) >= 11 is 1.64. The zero-order valence-electron chi connectivity index (χ0n) is 12.2. The van der Waals surface area contributed by atoms with Crippen LogP contribution in [0.5, 0.6) is 0 Å². The maximum absolute atomic E-state index is 12.2. The van der Waals surface area contributed by atoms with Crippen molar-refractivity contribution in [3.05, 3.63) is 35.4 Å². The quantitative estimate of drug-likeness (QED) is 0.876. The van der Waals surface area contributed by atoms with Crippen molar-refractivity contribution in [2.45, 2.75) is 44.8 Å². The molecule has 1 fully saturated rings. The lowest BCUT2D eigenvalue weighted by molar-refractivity contribution is -0.138. The maximum atomic E-state index is 12.2. The van der Waals surface area contributed by atoms with E-state index in [2.05, 4.69) is 43.4 Å². The van der Waals surface area contributed by atoms with E-state index in [1.807, 2.05) is 0 Å². The zero-order valence-corrected chi connectivity index (χ0v) is 13.0. The summed E-state index contributed by atoms with van der Waals surface area (Å²) in [4.78, 5) is 12.2. The van der Waals surface area contributed by atoms with Crippen LogP contribution in [0.15, 0.2) is 24.3 Å². The smallest absolute Gasteiger partial charge is 0.253 e. The Morgan fingerprint density at radius 3 is 2.70 bits per heavy atom. The third-order valence-corrected chi connectivity index (χ3v) is 5.03. The number of nitrogens with one attached hydrogen (secondary N) is 1. The van der Waals surface area contributed by atoms with Gasteiger partial charge in [0.15, 0.2) is 5.60 Å². The fourth-order valence-corrected chi connectivity index (χ4v) is 3.60. The molecule has 0 aliphatic carbocycles. The third kappa shape index (κ3) is 3.76. The summed E-state index contributed by atoms with van der Waals surface area (Å²) in [5.74, 6) is 1.17. The average Bonchev–Trinajstić information content (AvgIpc) is 2.88. The van der Waals surface area contributed by atoms with E-state index >= 15 is 0 Å². The van der Waals surface area contributed by atoms with Crippen molar-refractivity contribution in [2.24, 2.45) is 0 Å². The molecule has 2 rings (SSSR count). The highest BCUT2D eigenvalue weighted by molar-refractivity contribution is 7.99. The lowest BCUT2D eigenvalue weighted by atomic mass is 9.99. The van der Waals surface area contributed by atoms with Crippen molar-refractivity contribution in [2.75, 3.05) is 11.5 Å². The Kier molecular flexibility index (Phi) is 5.11. The summed E-state index contributed by atoms with van der Waals surface area (Å²) < 4.78 is 0. The van der Waals surface area contributed by atoms with Crippen LogP contribution in [0.2, 0.25) is 0 Å². The molecule has 1 aliphatic rings. The van der Waals surface area contributed by atoms with Gasteiger partial charge in [-0.1, -0.05) is 36.8 Å². The first kappa shape index (κ1) is 15.4. The van der Waals surface area contributed by atoms with E-state index in [9.17, 15) is 9.90 Å². The van der Waals surface area contributed by atoms with Crippen LogP contribution in [0.3, 0.4) is 0 Å². The average molecular weight is 293 g/mol. The Labute approximate surface area is 125 Å². The van der Waals surface area contributed by atoms with Gasteiger partial charge in [-0.05, 0) is 37.5 Å². The summed E-state index contributed by atoms with van der Waals surface area (Å²) in [6.07, 6.45) is 2.24. The first-order valence-electron chi connectivity index (χ1n) is 7.20. The molecule has 0 aromatic heterocycles. The van der Waals surface area contributed by atoms with E-state index in [1.54, 1.807) is 11.8 Å². The van der Waals surface area contributed by atoms with Crippen molar-refractivity contribution in [3.8, 4) is 0 Å². The normalized spacial score (nSPS) is 23.6. The van der Waals surface area contributed by atoms with Gasteiger partial charge in [0.25, 0.3) is 5.91 Å². The molecule has 1 aliphatic heterocycles. The second-order valence-corrected chi connectivity index (χ2v) is 6.71. The molecular weight excluding hydrogens is 270 g/mol. The van der Waals surface area contributed by atoms with Crippen LogP contribution in [-0.4, -0.2) is 34.2 Å². The minimum Gasteiger partial charge on any atom is -0.379 e. The van der Waals surface area contributed by atoms with Crippen LogP contribution in [0, 0.1) is 6.92 Å². The summed E-state index contributed by atoms with van der Waals surface area (Å²) in [6, 6.07) is 8.46. The summed E-state index contributed by atoms with van der Waals surface area (Å²) in [5, 5.41) is 13.3. The molecular formula is C16H23NO2S. The number of hydrogen-bond acceptors (Lipinski definition) is 3. The highest BCUT2D eigenvalue weighted by atomic mass is 32.2. The number of aliphatic hydroxyl groups is 1. The molecule has 0 radical (unpaired) electrons. The lowest BCUT2D eigenvalue weighted by Gasteiger charge is -2.25. The number of carbonyl (C=O) groups is 1. The van der Waals surface area contributed by atoms with Gasteiger partial charge in [-0.3, -0.25) is 4.79 Å². The monoisotopic (exact) mass is 293 g/mol. The van der Waals surface area contributed by atoms with Crippen molar-refractivity contribution in [3.63, 3.8) is 0 Å². The molecule has 2 unspecified atom stereocenters. The second-order valence-electron chi connectivity index (χ2n) is 5.60. The molecule has 2 atom stereocenters. The number of benzene rings is 1. The number of rotatable bonds is 5. The van der Waals surface area contributed by atoms with Crippen LogP contribution in [0.25, 0.3) is 0 Å². The van der Waals surface area contributed by atoms with Crippen molar-refractivity contribution < 1.29 is 9.90 Å². The van der Waals surface area contributed by atoms with E-state index in [0.717, 1.165) is 18.6 Å². The van der Waals surface area contributed by atoms with Gasteiger partial charge >= 0.3 is 0 Å². The predicted molar refractivity (Wildman–Crippen MR) is 84.0 cm³/mol. The van der Waals surface area contributed by atoms with Crippen molar-refractivity contribution in [1.82, 2.24) is 5.32 Å². The lowest BCUT2D eigenvalue weighted by Crippen LogP contribution is -2.50. The van der Waals surface area contributed by atoms with E-state index in [-0.39, 0.29) is 11.9 Å².